The molecule has 112 valence electrons. The van der Waals surface area contributed by atoms with Crippen molar-refractivity contribution in [3.8, 4) is 5.75 Å². The smallest absolute Gasteiger partial charge is 0.234 e. The minimum atomic E-state index is -0.686. The highest BCUT2D eigenvalue weighted by Gasteiger charge is 2.12. The first kappa shape index (κ1) is 16.3. The number of aliphatic hydroxyl groups excluding tert-OH is 1. The molecule has 1 aromatic carbocycles. The average Bonchev–Trinajstić information content (AvgIpc) is 2.37. The van der Waals surface area contributed by atoms with Crippen molar-refractivity contribution in [3.05, 3.63) is 24.3 Å². The van der Waals surface area contributed by atoms with E-state index in [1.165, 1.54) is 0 Å². The molecule has 0 radical (unpaired) electrons. The highest BCUT2D eigenvalue weighted by atomic mass is 16.5. The predicted octanol–water partition coefficient (Wildman–Crippen LogP) is 0.0764. The number of nitrogens with one attached hydrogen (secondary N) is 1. The number of nitrogen functional groups attached to an aromatic ring is 1. The van der Waals surface area contributed by atoms with Gasteiger partial charge in [-0.05, 0) is 26.1 Å². The molecule has 6 heteroatoms. The minimum Gasteiger partial charge on any atom is -0.489 e. The molecule has 1 rings (SSSR count). The van der Waals surface area contributed by atoms with Gasteiger partial charge in [0.05, 0.1) is 12.2 Å². The maximum absolute atomic E-state index is 11.4. The molecule has 1 amide bonds. The van der Waals surface area contributed by atoms with E-state index < -0.39 is 6.10 Å². The molecule has 1 unspecified atom stereocenters. The molecule has 0 aliphatic heterocycles. The van der Waals surface area contributed by atoms with E-state index in [0.29, 0.717) is 24.5 Å². The van der Waals surface area contributed by atoms with E-state index in [-0.39, 0.29) is 19.1 Å². The van der Waals surface area contributed by atoms with E-state index in [1.54, 1.807) is 24.1 Å². The number of likely N-dealkylation sites (N-methyl/N-ethyl adjacent to an activating group) is 2. The van der Waals surface area contributed by atoms with Gasteiger partial charge in [-0.2, -0.15) is 0 Å². The highest BCUT2D eigenvalue weighted by molar-refractivity contribution is 5.77. The van der Waals surface area contributed by atoms with Gasteiger partial charge < -0.3 is 20.9 Å². The molecule has 0 aromatic heterocycles. The zero-order chi connectivity index (χ0) is 15.0. The lowest BCUT2D eigenvalue weighted by Gasteiger charge is -2.20. The van der Waals surface area contributed by atoms with Crippen LogP contribution in [0.5, 0.6) is 5.75 Å². The van der Waals surface area contributed by atoms with Crippen LogP contribution in [0.2, 0.25) is 0 Å². The number of anilines is 1. The molecule has 6 nitrogen and oxygen atoms in total. The van der Waals surface area contributed by atoms with Gasteiger partial charge in [-0.3, -0.25) is 9.69 Å². The number of hydrogen-bond acceptors (Lipinski definition) is 5. The van der Waals surface area contributed by atoms with Crippen LogP contribution in [0.25, 0.3) is 0 Å². The molecule has 1 atom stereocenters. The Morgan fingerprint density at radius 3 is 2.85 bits per heavy atom. The third kappa shape index (κ3) is 5.90. The molecule has 0 fully saturated rings. The molecule has 0 spiro atoms. The average molecular weight is 281 g/mol. The molecule has 0 aliphatic rings. The predicted molar refractivity (Wildman–Crippen MR) is 78.5 cm³/mol. The lowest BCUT2D eigenvalue weighted by Crippen LogP contribution is -2.40. The molecule has 0 saturated carbocycles. The van der Waals surface area contributed by atoms with Crippen molar-refractivity contribution in [1.29, 1.82) is 0 Å². The van der Waals surface area contributed by atoms with Crippen LogP contribution in [0.1, 0.15) is 6.92 Å². The van der Waals surface area contributed by atoms with E-state index in [2.05, 4.69) is 5.32 Å². The van der Waals surface area contributed by atoms with Gasteiger partial charge in [0, 0.05) is 13.1 Å². The Balaban J connectivity index is 2.31. The fourth-order valence-corrected chi connectivity index (χ4v) is 1.77. The Bertz CT molecular complexity index is 426. The SMILES string of the molecule is CCNC(=O)CN(C)CC(O)COc1ccccc1N. The monoisotopic (exact) mass is 281 g/mol. The first-order valence-electron chi connectivity index (χ1n) is 6.63. The van der Waals surface area contributed by atoms with E-state index in [4.69, 9.17) is 10.5 Å². The Kier molecular flexibility index (Phi) is 6.83. The molecule has 0 aliphatic carbocycles. The largest absolute Gasteiger partial charge is 0.489 e. The Labute approximate surface area is 119 Å². The first-order valence-corrected chi connectivity index (χ1v) is 6.63. The van der Waals surface area contributed by atoms with Gasteiger partial charge in [0.25, 0.3) is 0 Å². The second-order valence-electron chi connectivity index (χ2n) is 4.65. The summed E-state index contributed by atoms with van der Waals surface area (Å²) in [6, 6.07) is 7.13. The van der Waals surface area contributed by atoms with Crippen LogP contribution < -0.4 is 15.8 Å². The van der Waals surface area contributed by atoms with Gasteiger partial charge in [-0.1, -0.05) is 12.1 Å². The van der Waals surface area contributed by atoms with Crippen molar-refractivity contribution in [2.24, 2.45) is 0 Å². The topological polar surface area (TPSA) is 87.8 Å². The molecule has 0 heterocycles. The summed E-state index contributed by atoms with van der Waals surface area (Å²) in [5.74, 6) is 0.494. The number of amides is 1. The zero-order valence-corrected chi connectivity index (χ0v) is 12.0. The van der Waals surface area contributed by atoms with Crippen molar-refractivity contribution >= 4 is 11.6 Å². The minimum absolute atomic E-state index is 0.0598. The fraction of sp³-hybridized carbons (Fsp3) is 0.500. The van der Waals surface area contributed by atoms with E-state index in [1.807, 2.05) is 19.1 Å². The number of carbonyl (C=O) groups excluding carboxylic acids is 1. The summed E-state index contributed by atoms with van der Waals surface area (Å²) in [4.78, 5) is 13.1. The van der Waals surface area contributed by atoms with Gasteiger partial charge in [0.1, 0.15) is 18.5 Å². The van der Waals surface area contributed by atoms with Crippen molar-refractivity contribution in [1.82, 2.24) is 10.2 Å². The molecule has 4 N–H and O–H groups in total. The molecule has 20 heavy (non-hydrogen) atoms. The van der Waals surface area contributed by atoms with Gasteiger partial charge in [0.15, 0.2) is 0 Å². The second-order valence-corrected chi connectivity index (χ2v) is 4.65. The number of nitrogens with two attached hydrogens (primary N) is 1. The zero-order valence-electron chi connectivity index (χ0n) is 12.0. The van der Waals surface area contributed by atoms with E-state index >= 15 is 0 Å². The number of para-hydroxylation sites is 2. The molecule has 1 aromatic rings. The standard InChI is InChI=1S/C14H23N3O3/c1-3-16-14(19)9-17(2)8-11(18)10-20-13-7-5-4-6-12(13)15/h4-7,11,18H,3,8-10,15H2,1-2H3,(H,16,19). The van der Waals surface area contributed by atoms with E-state index in [9.17, 15) is 9.90 Å². The van der Waals surface area contributed by atoms with Gasteiger partial charge >= 0.3 is 0 Å². The number of benzene rings is 1. The summed E-state index contributed by atoms with van der Waals surface area (Å²) in [5, 5.41) is 12.6. The summed E-state index contributed by atoms with van der Waals surface area (Å²) in [5.41, 5.74) is 6.27. The highest BCUT2D eigenvalue weighted by Crippen LogP contribution is 2.19. The second kappa shape index (κ2) is 8.39. The van der Waals surface area contributed by atoms with Crippen LogP contribution in [0.3, 0.4) is 0 Å². The third-order valence-corrected chi connectivity index (χ3v) is 2.66. The lowest BCUT2D eigenvalue weighted by atomic mass is 10.3. The molecular weight excluding hydrogens is 258 g/mol. The van der Waals surface area contributed by atoms with Crippen LogP contribution in [0.15, 0.2) is 24.3 Å². The number of ether oxygens (including phenoxy) is 1. The quantitative estimate of drug-likeness (QED) is 0.587. The van der Waals surface area contributed by atoms with Crippen LogP contribution in [-0.2, 0) is 4.79 Å². The summed E-state index contributed by atoms with van der Waals surface area (Å²) in [6.45, 7) is 3.20. The summed E-state index contributed by atoms with van der Waals surface area (Å²) >= 11 is 0. The van der Waals surface area contributed by atoms with Crippen molar-refractivity contribution in [2.45, 2.75) is 13.0 Å². The normalized spacial score (nSPS) is 12.2. The number of rotatable bonds is 8. The molecular formula is C14H23N3O3. The number of nitrogens with zero attached hydrogens (tertiary/aromatic N) is 1. The summed E-state index contributed by atoms with van der Waals surface area (Å²) < 4.78 is 5.45. The van der Waals surface area contributed by atoms with Gasteiger partial charge in [0.2, 0.25) is 5.91 Å². The van der Waals surface area contributed by atoms with Crippen molar-refractivity contribution in [3.63, 3.8) is 0 Å². The molecule has 0 bridgehead atoms. The van der Waals surface area contributed by atoms with Gasteiger partial charge in [-0.15, -0.1) is 0 Å². The van der Waals surface area contributed by atoms with E-state index in [0.717, 1.165) is 0 Å². The van der Waals surface area contributed by atoms with Crippen molar-refractivity contribution < 1.29 is 14.6 Å². The van der Waals surface area contributed by atoms with Crippen LogP contribution in [-0.4, -0.2) is 55.3 Å². The summed E-state index contributed by atoms with van der Waals surface area (Å²) in [6.07, 6.45) is -0.686. The van der Waals surface area contributed by atoms with Crippen LogP contribution >= 0.6 is 0 Å². The number of aliphatic hydroxyl groups is 1. The number of carbonyl (C=O) groups is 1. The Hall–Kier alpha value is -1.79. The first-order chi connectivity index (χ1) is 9.52. The lowest BCUT2D eigenvalue weighted by molar-refractivity contribution is -0.122. The maximum Gasteiger partial charge on any atom is 0.234 e. The van der Waals surface area contributed by atoms with Crippen molar-refractivity contribution in [2.75, 3.05) is 39.0 Å². The third-order valence-electron chi connectivity index (χ3n) is 2.66. The fourth-order valence-electron chi connectivity index (χ4n) is 1.77. The Morgan fingerprint density at radius 2 is 2.20 bits per heavy atom. The van der Waals surface area contributed by atoms with Crippen LogP contribution in [0, 0.1) is 0 Å². The number of hydrogen-bond donors (Lipinski definition) is 3. The van der Waals surface area contributed by atoms with Gasteiger partial charge in [-0.25, -0.2) is 0 Å². The maximum atomic E-state index is 11.4. The molecule has 0 saturated heterocycles. The Morgan fingerprint density at radius 1 is 1.50 bits per heavy atom. The van der Waals surface area contributed by atoms with Crippen LogP contribution in [0.4, 0.5) is 5.69 Å². The summed E-state index contributed by atoms with van der Waals surface area (Å²) in [7, 11) is 1.77.